The van der Waals surface area contributed by atoms with Gasteiger partial charge >= 0.3 is 0 Å². The molecular formula is C23H30BrN3O2S. The number of benzene rings is 2. The SMILES string of the molecule is C=N/N=C(/SC(C)(C)C)N(CBr)c1ccc(C2CC2)c2ccccc12.CCOC=O. The number of hydrogen-bond acceptors (Lipinski definition) is 5. The fourth-order valence-corrected chi connectivity index (χ4v) is 4.64. The summed E-state index contributed by atoms with van der Waals surface area (Å²) in [6.45, 7) is 12.8. The van der Waals surface area contributed by atoms with E-state index in [4.69, 9.17) is 0 Å². The summed E-state index contributed by atoms with van der Waals surface area (Å²) in [5.41, 5.74) is 3.27. The average molecular weight is 492 g/mol. The molecule has 3 rings (SSSR count). The van der Waals surface area contributed by atoms with Crippen molar-refractivity contribution in [3.05, 3.63) is 42.0 Å². The lowest BCUT2D eigenvalue weighted by atomic mass is 9.99. The van der Waals surface area contributed by atoms with E-state index < -0.39 is 0 Å². The first kappa shape index (κ1) is 24.4. The molecule has 1 saturated carbocycles. The molecule has 0 unspecified atom stereocenters. The molecule has 0 bridgehead atoms. The maximum Gasteiger partial charge on any atom is 0.293 e. The van der Waals surface area contributed by atoms with Gasteiger partial charge in [-0.25, -0.2) is 0 Å². The molecule has 0 amide bonds. The molecule has 5 nitrogen and oxygen atoms in total. The van der Waals surface area contributed by atoms with Crippen molar-refractivity contribution in [1.29, 1.82) is 0 Å². The Morgan fingerprint density at radius 1 is 1.27 bits per heavy atom. The van der Waals surface area contributed by atoms with Crippen molar-refractivity contribution >= 4 is 62.5 Å². The number of rotatable bonds is 6. The van der Waals surface area contributed by atoms with Crippen molar-refractivity contribution < 1.29 is 9.53 Å². The van der Waals surface area contributed by atoms with Crippen molar-refractivity contribution in [3.8, 4) is 0 Å². The van der Waals surface area contributed by atoms with Crippen LogP contribution >= 0.6 is 27.7 Å². The van der Waals surface area contributed by atoms with Gasteiger partial charge in [0.05, 0.1) is 17.7 Å². The van der Waals surface area contributed by atoms with Crippen LogP contribution in [-0.4, -0.2) is 35.2 Å². The fraction of sp³-hybridized carbons (Fsp3) is 0.435. The van der Waals surface area contributed by atoms with E-state index in [1.165, 1.54) is 29.2 Å². The number of halogens is 1. The lowest BCUT2D eigenvalue weighted by molar-refractivity contribution is -0.128. The van der Waals surface area contributed by atoms with E-state index in [1.807, 2.05) is 0 Å². The standard InChI is InChI=1S/C20H24BrN3S.C3H6O2/c1-20(2,3)25-19(23-22-4)24(13-21)18-12-11-15(14-9-10-14)16-7-5-6-8-17(16)18;1-2-5-3-4/h5-8,11-12,14H,4,9-10,13H2,1-3H3;3H,2H2,1H3/b23-19+;. The number of carbonyl (C=O) groups is 1. The topological polar surface area (TPSA) is 54.3 Å². The van der Waals surface area contributed by atoms with Gasteiger partial charge in [-0.3, -0.25) is 4.79 Å². The summed E-state index contributed by atoms with van der Waals surface area (Å²) in [4.78, 5) is 11.4. The van der Waals surface area contributed by atoms with Gasteiger partial charge in [0, 0.05) is 16.9 Å². The van der Waals surface area contributed by atoms with Gasteiger partial charge in [0.25, 0.3) is 6.47 Å². The number of thioether (sulfide) groups is 1. The van der Waals surface area contributed by atoms with Gasteiger partial charge in [-0.15, -0.1) is 5.10 Å². The molecule has 0 saturated heterocycles. The number of carbonyl (C=O) groups excluding carboxylic acids is 1. The molecule has 0 aliphatic heterocycles. The largest absolute Gasteiger partial charge is 0.468 e. The number of alkyl halides is 1. The summed E-state index contributed by atoms with van der Waals surface area (Å²) in [7, 11) is 0. The molecule has 1 aliphatic carbocycles. The van der Waals surface area contributed by atoms with Crippen LogP contribution in [0.5, 0.6) is 0 Å². The highest BCUT2D eigenvalue weighted by Gasteiger charge is 2.27. The van der Waals surface area contributed by atoms with Gasteiger partial charge < -0.3 is 9.64 Å². The number of hydrogen-bond donors (Lipinski definition) is 0. The molecule has 2 aromatic carbocycles. The van der Waals surface area contributed by atoms with Crippen LogP contribution in [0.15, 0.2) is 46.6 Å². The van der Waals surface area contributed by atoms with E-state index >= 15 is 0 Å². The predicted octanol–water partition coefficient (Wildman–Crippen LogP) is 6.56. The number of ether oxygens (including phenoxy) is 1. The highest BCUT2D eigenvalue weighted by Crippen LogP contribution is 2.45. The van der Waals surface area contributed by atoms with E-state index in [2.05, 4.69) is 99.7 Å². The Morgan fingerprint density at radius 2 is 1.93 bits per heavy atom. The third-order valence-corrected chi connectivity index (χ3v) is 5.98. The predicted molar refractivity (Wildman–Crippen MR) is 134 cm³/mol. The molecule has 162 valence electrons. The van der Waals surface area contributed by atoms with E-state index in [-0.39, 0.29) is 4.75 Å². The van der Waals surface area contributed by atoms with Crippen LogP contribution < -0.4 is 4.90 Å². The molecule has 0 atom stereocenters. The minimum absolute atomic E-state index is 0.0354. The molecule has 7 heteroatoms. The normalized spacial score (nSPS) is 14.0. The highest BCUT2D eigenvalue weighted by molar-refractivity contribution is 9.09. The lowest BCUT2D eigenvalue weighted by Crippen LogP contribution is -2.30. The highest BCUT2D eigenvalue weighted by atomic mass is 79.9. The van der Waals surface area contributed by atoms with E-state index in [0.717, 1.165) is 16.8 Å². The Labute approximate surface area is 192 Å². The lowest BCUT2D eigenvalue weighted by Gasteiger charge is -2.28. The summed E-state index contributed by atoms with van der Waals surface area (Å²) >= 11 is 5.34. The van der Waals surface area contributed by atoms with Crippen LogP contribution in [0.4, 0.5) is 5.69 Å². The Balaban J connectivity index is 0.000000575. The quantitative estimate of drug-likeness (QED) is 0.114. The van der Waals surface area contributed by atoms with Gasteiger partial charge in [0.2, 0.25) is 0 Å². The third kappa shape index (κ3) is 6.84. The van der Waals surface area contributed by atoms with Crippen LogP contribution in [0.1, 0.15) is 52.0 Å². The first-order chi connectivity index (χ1) is 14.4. The third-order valence-electron chi connectivity index (χ3n) is 4.38. The van der Waals surface area contributed by atoms with Gasteiger partial charge in [0.1, 0.15) is 0 Å². The van der Waals surface area contributed by atoms with E-state index in [9.17, 15) is 4.79 Å². The molecule has 0 N–H and O–H groups in total. The molecule has 30 heavy (non-hydrogen) atoms. The molecule has 0 spiro atoms. The summed E-state index contributed by atoms with van der Waals surface area (Å²) in [5.74, 6) is 0.725. The van der Waals surface area contributed by atoms with Gasteiger partial charge in [-0.05, 0) is 42.7 Å². The summed E-state index contributed by atoms with van der Waals surface area (Å²) < 4.78 is 4.19. The number of amidine groups is 1. The zero-order valence-electron chi connectivity index (χ0n) is 18.1. The Kier molecular flexibility index (Phi) is 9.37. The second-order valence-corrected chi connectivity index (χ2v) is 10.1. The summed E-state index contributed by atoms with van der Waals surface area (Å²) in [6.07, 6.45) is 2.61. The Bertz CT molecular complexity index is 892. The molecule has 2 aromatic rings. The zero-order chi connectivity index (χ0) is 22.1. The zero-order valence-corrected chi connectivity index (χ0v) is 20.5. The molecule has 1 fully saturated rings. The van der Waals surface area contributed by atoms with Gasteiger partial charge in [-0.2, -0.15) is 5.10 Å². The van der Waals surface area contributed by atoms with Crippen LogP contribution in [0.2, 0.25) is 0 Å². The van der Waals surface area contributed by atoms with Crippen LogP contribution in [0, 0.1) is 0 Å². The van der Waals surface area contributed by atoms with Crippen molar-refractivity contribution in [3.63, 3.8) is 0 Å². The molecular weight excluding hydrogens is 462 g/mol. The molecule has 0 heterocycles. The first-order valence-electron chi connectivity index (χ1n) is 9.99. The monoisotopic (exact) mass is 491 g/mol. The maximum absolute atomic E-state index is 9.18. The number of fused-ring (bicyclic) bond motifs is 1. The van der Waals surface area contributed by atoms with E-state index in [1.54, 1.807) is 18.7 Å². The minimum atomic E-state index is 0.0354. The minimum Gasteiger partial charge on any atom is -0.468 e. The van der Waals surface area contributed by atoms with Crippen molar-refractivity contribution in [2.24, 2.45) is 10.2 Å². The second-order valence-electron chi connectivity index (χ2n) is 7.83. The van der Waals surface area contributed by atoms with Crippen molar-refractivity contribution in [2.75, 3.05) is 17.0 Å². The Morgan fingerprint density at radius 3 is 2.40 bits per heavy atom. The summed E-state index contributed by atoms with van der Waals surface area (Å²) in [6, 6.07) is 13.2. The van der Waals surface area contributed by atoms with Gasteiger partial charge in [-0.1, -0.05) is 78.8 Å². The van der Waals surface area contributed by atoms with E-state index in [0.29, 0.717) is 18.5 Å². The number of anilines is 1. The number of nitrogens with zero attached hydrogens (tertiary/aromatic N) is 3. The van der Waals surface area contributed by atoms with Gasteiger partial charge in [0.15, 0.2) is 5.17 Å². The fourth-order valence-electron chi connectivity index (χ4n) is 3.04. The molecule has 0 radical (unpaired) electrons. The second kappa shape index (κ2) is 11.5. The first-order valence-corrected chi connectivity index (χ1v) is 11.9. The van der Waals surface area contributed by atoms with Crippen molar-refractivity contribution in [1.82, 2.24) is 0 Å². The Hall–Kier alpha value is -1.86. The average Bonchev–Trinajstić information content (AvgIpc) is 3.54. The van der Waals surface area contributed by atoms with Crippen LogP contribution in [-0.2, 0) is 9.53 Å². The van der Waals surface area contributed by atoms with Crippen LogP contribution in [0.25, 0.3) is 10.8 Å². The molecule has 0 aromatic heterocycles. The smallest absolute Gasteiger partial charge is 0.293 e. The van der Waals surface area contributed by atoms with Crippen LogP contribution in [0.3, 0.4) is 0 Å². The van der Waals surface area contributed by atoms with Crippen molar-refractivity contribution in [2.45, 2.75) is 51.2 Å². The maximum atomic E-state index is 9.18. The summed E-state index contributed by atoms with van der Waals surface area (Å²) in [5, 5.41) is 11.6. The molecule has 1 aliphatic rings.